The molecular formula is C11H24N2O. The molecule has 1 rings (SSSR count). The van der Waals surface area contributed by atoms with Crippen LogP contribution >= 0.6 is 0 Å². The summed E-state index contributed by atoms with van der Waals surface area (Å²) >= 11 is 0. The minimum Gasteiger partial charge on any atom is -0.381 e. The lowest BCUT2D eigenvalue weighted by molar-refractivity contribution is 0.0168. The van der Waals surface area contributed by atoms with Crippen molar-refractivity contribution < 1.29 is 4.74 Å². The van der Waals surface area contributed by atoms with Crippen molar-refractivity contribution in [3.05, 3.63) is 0 Å². The molecule has 14 heavy (non-hydrogen) atoms. The maximum atomic E-state index is 6.03. The molecule has 1 saturated carbocycles. The zero-order valence-corrected chi connectivity index (χ0v) is 9.62. The molecule has 3 heteroatoms. The Morgan fingerprint density at radius 2 is 2.14 bits per heavy atom. The first-order valence-electron chi connectivity index (χ1n) is 5.69. The SMILES string of the molecule is CCC(C)C(N)CNC1CC(OC)C1. The number of nitrogens with one attached hydrogen (secondary N) is 1. The lowest BCUT2D eigenvalue weighted by Crippen LogP contribution is -2.49. The van der Waals surface area contributed by atoms with Crippen LogP contribution in [0.1, 0.15) is 33.1 Å². The van der Waals surface area contributed by atoms with E-state index in [2.05, 4.69) is 19.2 Å². The van der Waals surface area contributed by atoms with Crippen molar-refractivity contribution in [2.45, 2.75) is 51.3 Å². The topological polar surface area (TPSA) is 47.3 Å². The van der Waals surface area contributed by atoms with Gasteiger partial charge in [-0.15, -0.1) is 0 Å². The molecule has 1 aliphatic carbocycles. The van der Waals surface area contributed by atoms with Gasteiger partial charge in [0.1, 0.15) is 0 Å². The van der Waals surface area contributed by atoms with Crippen LogP contribution in [0.2, 0.25) is 0 Å². The van der Waals surface area contributed by atoms with Crippen LogP contribution in [0.5, 0.6) is 0 Å². The molecule has 0 heterocycles. The highest BCUT2D eigenvalue weighted by molar-refractivity contribution is 4.87. The monoisotopic (exact) mass is 200 g/mol. The maximum Gasteiger partial charge on any atom is 0.0601 e. The van der Waals surface area contributed by atoms with Gasteiger partial charge in [0.25, 0.3) is 0 Å². The fourth-order valence-corrected chi connectivity index (χ4v) is 1.73. The largest absolute Gasteiger partial charge is 0.381 e. The minimum atomic E-state index is 0.293. The Labute approximate surface area is 87.4 Å². The Kier molecular flexibility index (Phi) is 4.85. The molecule has 2 atom stereocenters. The predicted octanol–water partition coefficient (Wildman–Crippen LogP) is 1.13. The summed E-state index contributed by atoms with van der Waals surface area (Å²) in [5.74, 6) is 0.612. The van der Waals surface area contributed by atoms with Crippen LogP contribution in [0.25, 0.3) is 0 Å². The second-order valence-corrected chi connectivity index (χ2v) is 4.48. The Balaban J connectivity index is 2.04. The van der Waals surface area contributed by atoms with Crippen molar-refractivity contribution in [2.75, 3.05) is 13.7 Å². The fourth-order valence-electron chi connectivity index (χ4n) is 1.73. The molecule has 0 bridgehead atoms. The lowest BCUT2D eigenvalue weighted by atomic mass is 9.88. The second kappa shape index (κ2) is 5.69. The molecule has 0 aromatic rings. The van der Waals surface area contributed by atoms with Crippen LogP contribution in [0.15, 0.2) is 0 Å². The van der Waals surface area contributed by atoms with Gasteiger partial charge in [0.05, 0.1) is 6.10 Å². The van der Waals surface area contributed by atoms with E-state index in [0.717, 1.165) is 25.8 Å². The van der Waals surface area contributed by atoms with Gasteiger partial charge in [-0.2, -0.15) is 0 Å². The van der Waals surface area contributed by atoms with Crippen molar-refractivity contribution in [3.8, 4) is 0 Å². The van der Waals surface area contributed by atoms with Gasteiger partial charge < -0.3 is 15.8 Å². The Hall–Kier alpha value is -0.120. The minimum absolute atomic E-state index is 0.293. The summed E-state index contributed by atoms with van der Waals surface area (Å²) in [6, 6.07) is 0.927. The fraction of sp³-hybridized carbons (Fsp3) is 1.00. The summed E-state index contributed by atoms with van der Waals surface area (Å²) in [6.45, 7) is 5.34. The standard InChI is InChI=1S/C11H24N2O/c1-4-8(2)11(12)7-13-9-5-10(6-9)14-3/h8-11,13H,4-7,12H2,1-3H3. The molecule has 1 aliphatic rings. The van der Waals surface area contributed by atoms with Gasteiger partial charge in [-0.3, -0.25) is 0 Å². The van der Waals surface area contributed by atoms with E-state index in [1.807, 2.05) is 0 Å². The zero-order valence-electron chi connectivity index (χ0n) is 9.62. The van der Waals surface area contributed by atoms with Crippen LogP contribution in [-0.4, -0.2) is 31.8 Å². The van der Waals surface area contributed by atoms with Gasteiger partial charge in [-0.1, -0.05) is 20.3 Å². The van der Waals surface area contributed by atoms with Gasteiger partial charge in [-0.25, -0.2) is 0 Å². The zero-order chi connectivity index (χ0) is 10.6. The van der Waals surface area contributed by atoms with E-state index in [4.69, 9.17) is 10.5 Å². The van der Waals surface area contributed by atoms with Crippen LogP contribution < -0.4 is 11.1 Å². The average molecular weight is 200 g/mol. The molecule has 0 spiro atoms. The van der Waals surface area contributed by atoms with E-state index in [1.165, 1.54) is 0 Å². The van der Waals surface area contributed by atoms with E-state index >= 15 is 0 Å². The van der Waals surface area contributed by atoms with E-state index in [-0.39, 0.29) is 0 Å². The summed E-state index contributed by atoms with van der Waals surface area (Å²) in [4.78, 5) is 0. The average Bonchev–Trinajstić information content (AvgIpc) is 2.14. The van der Waals surface area contributed by atoms with E-state index in [1.54, 1.807) is 7.11 Å². The molecular weight excluding hydrogens is 176 g/mol. The van der Waals surface area contributed by atoms with Crippen molar-refractivity contribution >= 4 is 0 Å². The van der Waals surface area contributed by atoms with Gasteiger partial charge in [0.2, 0.25) is 0 Å². The van der Waals surface area contributed by atoms with Crippen LogP contribution in [0.4, 0.5) is 0 Å². The first kappa shape index (κ1) is 12.0. The van der Waals surface area contributed by atoms with Crippen molar-refractivity contribution in [3.63, 3.8) is 0 Å². The number of nitrogens with two attached hydrogens (primary N) is 1. The third-order valence-corrected chi connectivity index (χ3v) is 3.45. The molecule has 0 amide bonds. The Morgan fingerprint density at radius 3 is 2.64 bits per heavy atom. The van der Waals surface area contributed by atoms with Crippen molar-refractivity contribution in [1.82, 2.24) is 5.32 Å². The van der Waals surface area contributed by atoms with Crippen LogP contribution in [-0.2, 0) is 4.74 Å². The molecule has 0 aromatic heterocycles. The highest BCUT2D eigenvalue weighted by Crippen LogP contribution is 2.22. The highest BCUT2D eigenvalue weighted by Gasteiger charge is 2.28. The van der Waals surface area contributed by atoms with Crippen LogP contribution in [0, 0.1) is 5.92 Å². The Morgan fingerprint density at radius 1 is 1.50 bits per heavy atom. The van der Waals surface area contributed by atoms with E-state index in [9.17, 15) is 0 Å². The highest BCUT2D eigenvalue weighted by atomic mass is 16.5. The first-order valence-corrected chi connectivity index (χ1v) is 5.69. The van der Waals surface area contributed by atoms with Gasteiger partial charge in [-0.05, 0) is 18.8 Å². The van der Waals surface area contributed by atoms with Gasteiger partial charge in [0.15, 0.2) is 0 Å². The Bertz CT molecular complexity index is 157. The predicted molar refractivity (Wildman–Crippen MR) is 59.3 cm³/mol. The summed E-state index contributed by atoms with van der Waals surface area (Å²) in [6.07, 6.45) is 3.93. The van der Waals surface area contributed by atoms with E-state index in [0.29, 0.717) is 24.1 Å². The smallest absolute Gasteiger partial charge is 0.0601 e. The third kappa shape index (κ3) is 3.23. The van der Waals surface area contributed by atoms with Crippen molar-refractivity contribution in [2.24, 2.45) is 11.7 Å². The molecule has 2 unspecified atom stereocenters. The maximum absolute atomic E-state index is 6.03. The van der Waals surface area contributed by atoms with Crippen molar-refractivity contribution in [1.29, 1.82) is 0 Å². The number of methoxy groups -OCH3 is 1. The molecule has 84 valence electrons. The molecule has 3 nitrogen and oxygen atoms in total. The quantitative estimate of drug-likeness (QED) is 0.675. The van der Waals surface area contributed by atoms with Gasteiger partial charge in [0, 0.05) is 25.7 Å². The van der Waals surface area contributed by atoms with Crippen LogP contribution in [0.3, 0.4) is 0 Å². The van der Waals surface area contributed by atoms with E-state index < -0.39 is 0 Å². The summed E-state index contributed by atoms with van der Waals surface area (Å²) < 4.78 is 5.22. The third-order valence-electron chi connectivity index (χ3n) is 3.45. The summed E-state index contributed by atoms with van der Waals surface area (Å²) in [5.41, 5.74) is 6.03. The number of ether oxygens (including phenoxy) is 1. The first-order chi connectivity index (χ1) is 6.67. The summed E-state index contributed by atoms with van der Waals surface area (Å²) in [7, 11) is 1.78. The lowest BCUT2D eigenvalue weighted by Gasteiger charge is -2.36. The number of hydrogen-bond acceptors (Lipinski definition) is 3. The molecule has 0 radical (unpaired) electrons. The number of rotatable bonds is 6. The molecule has 1 fully saturated rings. The van der Waals surface area contributed by atoms with Gasteiger partial charge >= 0.3 is 0 Å². The molecule has 0 aromatic carbocycles. The summed E-state index contributed by atoms with van der Waals surface area (Å²) in [5, 5.41) is 3.49. The normalized spacial score (nSPS) is 30.9. The molecule has 0 aliphatic heterocycles. The number of hydrogen-bond donors (Lipinski definition) is 2. The molecule has 0 saturated heterocycles. The second-order valence-electron chi connectivity index (χ2n) is 4.48. The molecule has 3 N–H and O–H groups in total.